The van der Waals surface area contributed by atoms with Crippen LogP contribution in [-0.2, 0) is 6.42 Å². The van der Waals surface area contributed by atoms with Crippen molar-refractivity contribution in [3.8, 4) is 5.69 Å². The fraction of sp³-hybridized carbons (Fsp3) is 0.529. The predicted molar refractivity (Wildman–Crippen MR) is 86.9 cm³/mol. The summed E-state index contributed by atoms with van der Waals surface area (Å²) in [5, 5.41) is 8.09. The van der Waals surface area contributed by atoms with Gasteiger partial charge in [0.15, 0.2) is 0 Å². The van der Waals surface area contributed by atoms with Gasteiger partial charge in [0.05, 0.1) is 23.3 Å². The average molecular weight is 286 g/mol. The van der Waals surface area contributed by atoms with Crippen molar-refractivity contribution in [1.82, 2.24) is 20.1 Å². The van der Waals surface area contributed by atoms with Gasteiger partial charge >= 0.3 is 0 Å². The molecular formula is C17H26N4. The summed E-state index contributed by atoms with van der Waals surface area (Å²) in [5.74, 6) is 0. The molecule has 0 aromatic carbocycles. The Balaban J connectivity index is 2.23. The van der Waals surface area contributed by atoms with Crippen LogP contribution in [0, 0.1) is 13.8 Å². The zero-order valence-electron chi connectivity index (χ0n) is 13.8. The molecular weight excluding hydrogens is 260 g/mol. The average Bonchev–Trinajstić information content (AvgIpc) is 2.79. The third kappa shape index (κ3) is 3.32. The van der Waals surface area contributed by atoms with Crippen LogP contribution in [0.3, 0.4) is 0 Å². The first kappa shape index (κ1) is 15.7. The highest BCUT2D eigenvalue weighted by atomic mass is 15.3. The molecule has 2 heterocycles. The molecule has 0 spiro atoms. The van der Waals surface area contributed by atoms with Crippen molar-refractivity contribution < 1.29 is 0 Å². The molecule has 4 heteroatoms. The van der Waals surface area contributed by atoms with Gasteiger partial charge in [-0.3, -0.25) is 4.98 Å². The zero-order valence-corrected chi connectivity index (χ0v) is 13.8. The van der Waals surface area contributed by atoms with E-state index in [4.69, 9.17) is 0 Å². The number of aryl methyl sites for hydroxylation is 1. The van der Waals surface area contributed by atoms with E-state index in [0.29, 0.717) is 0 Å². The minimum Gasteiger partial charge on any atom is -0.309 e. The first-order chi connectivity index (χ1) is 10.1. The molecule has 4 nitrogen and oxygen atoms in total. The van der Waals surface area contributed by atoms with Gasteiger partial charge < -0.3 is 5.32 Å². The maximum atomic E-state index is 4.64. The van der Waals surface area contributed by atoms with Crippen LogP contribution in [0.5, 0.6) is 0 Å². The van der Waals surface area contributed by atoms with E-state index in [1.54, 1.807) is 0 Å². The maximum Gasteiger partial charge on any atom is 0.0832 e. The Morgan fingerprint density at radius 1 is 1.24 bits per heavy atom. The highest BCUT2D eigenvalue weighted by molar-refractivity contribution is 5.36. The maximum absolute atomic E-state index is 4.64. The molecule has 0 radical (unpaired) electrons. The fourth-order valence-electron chi connectivity index (χ4n) is 2.68. The lowest BCUT2D eigenvalue weighted by atomic mass is 10.1. The molecule has 21 heavy (non-hydrogen) atoms. The number of hydrogen-bond acceptors (Lipinski definition) is 3. The number of hydrogen-bond donors (Lipinski definition) is 1. The molecule has 114 valence electrons. The highest BCUT2D eigenvalue weighted by Crippen LogP contribution is 2.19. The first-order valence-electron chi connectivity index (χ1n) is 7.83. The van der Waals surface area contributed by atoms with Gasteiger partial charge in [-0.15, -0.1) is 0 Å². The lowest BCUT2D eigenvalue weighted by Crippen LogP contribution is -2.20. The standard InChI is InChI=1S/C17H26N4/c1-6-10-18-13(4)17-9-8-15(11-19-17)21-14(5)16(7-2)12(3)20-21/h8-9,11,13,18H,6-7,10H2,1-5H3. The Bertz CT molecular complexity index is 584. The van der Waals surface area contributed by atoms with Crippen LogP contribution in [0.25, 0.3) is 5.69 Å². The second kappa shape index (κ2) is 6.85. The Morgan fingerprint density at radius 3 is 2.52 bits per heavy atom. The van der Waals surface area contributed by atoms with E-state index in [9.17, 15) is 0 Å². The third-order valence-corrected chi connectivity index (χ3v) is 3.95. The van der Waals surface area contributed by atoms with Gasteiger partial charge in [-0.2, -0.15) is 5.10 Å². The van der Waals surface area contributed by atoms with Crippen molar-refractivity contribution in [2.24, 2.45) is 0 Å². The van der Waals surface area contributed by atoms with Gasteiger partial charge in [0.1, 0.15) is 0 Å². The summed E-state index contributed by atoms with van der Waals surface area (Å²) < 4.78 is 2.00. The van der Waals surface area contributed by atoms with Crippen LogP contribution < -0.4 is 5.32 Å². The van der Waals surface area contributed by atoms with Crippen molar-refractivity contribution in [3.63, 3.8) is 0 Å². The van der Waals surface area contributed by atoms with E-state index in [1.807, 2.05) is 10.9 Å². The van der Waals surface area contributed by atoms with Crippen molar-refractivity contribution in [3.05, 3.63) is 41.0 Å². The first-order valence-corrected chi connectivity index (χ1v) is 7.83. The largest absolute Gasteiger partial charge is 0.309 e. The normalized spacial score (nSPS) is 12.6. The molecule has 0 aliphatic heterocycles. The summed E-state index contributed by atoms with van der Waals surface area (Å²) in [5.41, 5.74) is 5.75. The van der Waals surface area contributed by atoms with Gasteiger partial charge in [0, 0.05) is 11.7 Å². The number of aromatic nitrogens is 3. The lowest BCUT2D eigenvalue weighted by molar-refractivity contribution is 0.558. The van der Waals surface area contributed by atoms with Gasteiger partial charge in [-0.05, 0) is 57.9 Å². The van der Waals surface area contributed by atoms with Crippen LogP contribution in [-0.4, -0.2) is 21.3 Å². The molecule has 1 unspecified atom stereocenters. The molecule has 1 N–H and O–H groups in total. The molecule has 0 fully saturated rings. The van der Waals surface area contributed by atoms with E-state index in [0.717, 1.165) is 36.5 Å². The molecule has 2 aromatic rings. The van der Waals surface area contributed by atoms with Crippen LogP contribution in [0.1, 0.15) is 55.9 Å². The van der Waals surface area contributed by atoms with Gasteiger partial charge in [-0.25, -0.2) is 4.68 Å². The Morgan fingerprint density at radius 2 is 2.00 bits per heavy atom. The molecule has 2 rings (SSSR count). The van der Waals surface area contributed by atoms with Crippen molar-refractivity contribution in [1.29, 1.82) is 0 Å². The summed E-state index contributed by atoms with van der Waals surface area (Å²) >= 11 is 0. The molecule has 0 saturated heterocycles. The Kier molecular flexibility index (Phi) is 5.12. The van der Waals surface area contributed by atoms with Crippen LogP contribution >= 0.6 is 0 Å². The SMILES string of the molecule is CCCNC(C)c1ccc(-n2nc(C)c(CC)c2C)cn1. The topological polar surface area (TPSA) is 42.7 Å². The molecule has 0 aliphatic carbocycles. The van der Waals surface area contributed by atoms with Crippen molar-refractivity contribution in [2.75, 3.05) is 6.54 Å². The predicted octanol–water partition coefficient (Wildman–Crippen LogP) is 3.51. The molecule has 2 aromatic heterocycles. The quantitative estimate of drug-likeness (QED) is 0.883. The van der Waals surface area contributed by atoms with E-state index in [1.165, 1.54) is 11.3 Å². The van der Waals surface area contributed by atoms with E-state index in [2.05, 4.69) is 62.2 Å². The van der Waals surface area contributed by atoms with E-state index >= 15 is 0 Å². The minimum absolute atomic E-state index is 0.283. The zero-order chi connectivity index (χ0) is 15.4. The molecule has 0 bridgehead atoms. The van der Waals surface area contributed by atoms with Crippen LogP contribution in [0.4, 0.5) is 0 Å². The lowest BCUT2D eigenvalue weighted by Gasteiger charge is -2.13. The number of rotatable bonds is 6. The third-order valence-electron chi connectivity index (χ3n) is 3.95. The van der Waals surface area contributed by atoms with Gasteiger partial charge in [0.2, 0.25) is 0 Å². The number of nitrogens with zero attached hydrogens (tertiary/aromatic N) is 3. The number of pyridine rings is 1. The monoisotopic (exact) mass is 286 g/mol. The summed E-state index contributed by atoms with van der Waals surface area (Å²) in [6.07, 6.45) is 4.06. The molecule has 0 saturated carbocycles. The van der Waals surface area contributed by atoms with Crippen molar-refractivity contribution >= 4 is 0 Å². The van der Waals surface area contributed by atoms with Gasteiger partial charge in [-0.1, -0.05) is 13.8 Å². The second-order valence-electron chi connectivity index (χ2n) is 5.53. The van der Waals surface area contributed by atoms with Gasteiger partial charge in [0.25, 0.3) is 0 Å². The molecule has 1 atom stereocenters. The van der Waals surface area contributed by atoms with Crippen LogP contribution in [0.15, 0.2) is 18.3 Å². The summed E-state index contributed by atoms with van der Waals surface area (Å²) in [6.45, 7) is 11.7. The minimum atomic E-state index is 0.283. The molecule has 0 aliphatic rings. The summed E-state index contributed by atoms with van der Waals surface area (Å²) in [7, 11) is 0. The Labute approximate surface area is 127 Å². The van der Waals surface area contributed by atoms with Crippen molar-refractivity contribution in [2.45, 2.75) is 53.5 Å². The Hall–Kier alpha value is -1.68. The smallest absolute Gasteiger partial charge is 0.0832 e. The highest BCUT2D eigenvalue weighted by Gasteiger charge is 2.12. The second-order valence-corrected chi connectivity index (χ2v) is 5.53. The van der Waals surface area contributed by atoms with E-state index in [-0.39, 0.29) is 6.04 Å². The summed E-state index contributed by atoms with van der Waals surface area (Å²) in [6, 6.07) is 4.47. The van der Waals surface area contributed by atoms with Crippen LogP contribution in [0.2, 0.25) is 0 Å². The molecule has 0 amide bonds. The fourth-order valence-corrected chi connectivity index (χ4v) is 2.68. The summed E-state index contributed by atoms with van der Waals surface area (Å²) in [4.78, 5) is 4.59. The number of nitrogens with one attached hydrogen (secondary N) is 1. The van der Waals surface area contributed by atoms with E-state index < -0.39 is 0 Å².